The zero-order valence-corrected chi connectivity index (χ0v) is 11.4. The Kier molecular flexibility index (Phi) is 4.09. The smallest absolute Gasteiger partial charge is 0.328 e. The van der Waals surface area contributed by atoms with Gasteiger partial charge in [0.1, 0.15) is 0 Å². The Labute approximate surface area is 111 Å². The molecule has 0 radical (unpaired) electrons. The molecule has 5 nitrogen and oxygen atoms in total. The number of nitrogens with zero attached hydrogens (tertiary/aromatic N) is 1. The average Bonchev–Trinajstić information content (AvgIpc) is 2.24. The number of carboxylic acids is 1. The van der Waals surface area contributed by atoms with E-state index in [1.165, 1.54) is 6.07 Å². The van der Waals surface area contributed by atoms with Gasteiger partial charge in [0, 0.05) is 17.7 Å². The number of rotatable bonds is 3. The van der Waals surface area contributed by atoms with Crippen LogP contribution in [0.25, 0.3) is 5.57 Å². The third kappa shape index (κ3) is 3.40. The Hall–Kier alpha value is -2.17. The summed E-state index contributed by atoms with van der Waals surface area (Å²) in [6, 6.07) is 4.70. The molecule has 0 atom stereocenters. The van der Waals surface area contributed by atoms with Gasteiger partial charge in [-0.3, -0.25) is 10.1 Å². The molecule has 0 spiro atoms. The Morgan fingerprint density at radius 1 is 1.37 bits per heavy atom. The summed E-state index contributed by atoms with van der Waals surface area (Å²) in [6.07, 6.45) is 1.12. The van der Waals surface area contributed by atoms with Crippen molar-refractivity contribution in [2.75, 3.05) is 0 Å². The molecule has 0 bridgehead atoms. The number of allylic oxidation sites excluding steroid dienone is 1. The summed E-state index contributed by atoms with van der Waals surface area (Å²) in [4.78, 5) is 21.4. The monoisotopic (exact) mass is 263 g/mol. The molecule has 102 valence electrons. The molecule has 0 unspecified atom stereocenters. The molecule has 1 aromatic rings. The maximum atomic E-state index is 10.9. The van der Waals surface area contributed by atoms with Crippen molar-refractivity contribution >= 4 is 17.2 Å². The van der Waals surface area contributed by atoms with Gasteiger partial charge in [0.15, 0.2) is 0 Å². The van der Waals surface area contributed by atoms with E-state index in [-0.39, 0.29) is 5.69 Å². The highest BCUT2D eigenvalue weighted by Gasteiger charge is 2.24. The molecule has 0 saturated carbocycles. The van der Waals surface area contributed by atoms with Gasteiger partial charge >= 0.3 is 5.97 Å². The third-order valence-electron chi connectivity index (χ3n) is 2.87. The van der Waals surface area contributed by atoms with E-state index in [1.807, 2.05) is 20.8 Å². The van der Waals surface area contributed by atoms with Crippen LogP contribution in [0.2, 0.25) is 0 Å². The van der Waals surface area contributed by atoms with Crippen LogP contribution in [-0.2, 0) is 4.79 Å². The van der Waals surface area contributed by atoms with Crippen LogP contribution in [0.5, 0.6) is 0 Å². The lowest BCUT2D eigenvalue weighted by molar-refractivity contribution is -0.385. The van der Waals surface area contributed by atoms with E-state index in [4.69, 9.17) is 5.11 Å². The molecule has 0 heterocycles. The minimum atomic E-state index is -1.06. The summed E-state index contributed by atoms with van der Waals surface area (Å²) in [5, 5.41) is 19.9. The van der Waals surface area contributed by atoms with E-state index in [2.05, 4.69) is 0 Å². The SMILES string of the molecule is Cc1c(/C(=C/C(=O)O)C(C)(C)C)cccc1[N+](=O)[O-]. The first-order valence-electron chi connectivity index (χ1n) is 5.84. The van der Waals surface area contributed by atoms with Crippen molar-refractivity contribution in [1.82, 2.24) is 0 Å². The minimum Gasteiger partial charge on any atom is -0.478 e. The molecule has 1 aromatic carbocycles. The van der Waals surface area contributed by atoms with Gasteiger partial charge in [0.2, 0.25) is 0 Å². The van der Waals surface area contributed by atoms with Gasteiger partial charge in [0.05, 0.1) is 4.92 Å². The zero-order chi connectivity index (χ0) is 14.8. The van der Waals surface area contributed by atoms with E-state index < -0.39 is 16.3 Å². The van der Waals surface area contributed by atoms with Gasteiger partial charge in [-0.2, -0.15) is 0 Å². The zero-order valence-electron chi connectivity index (χ0n) is 11.4. The first-order valence-corrected chi connectivity index (χ1v) is 5.84. The maximum absolute atomic E-state index is 10.9. The van der Waals surface area contributed by atoms with Crippen LogP contribution < -0.4 is 0 Å². The highest BCUT2D eigenvalue weighted by Crippen LogP contribution is 2.37. The van der Waals surface area contributed by atoms with Crippen LogP contribution in [0.4, 0.5) is 5.69 Å². The van der Waals surface area contributed by atoms with E-state index >= 15 is 0 Å². The van der Waals surface area contributed by atoms with Crippen molar-refractivity contribution in [2.24, 2.45) is 5.41 Å². The molecule has 0 aromatic heterocycles. The fourth-order valence-corrected chi connectivity index (χ4v) is 1.93. The van der Waals surface area contributed by atoms with Gasteiger partial charge in [-0.1, -0.05) is 32.9 Å². The predicted octanol–water partition coefficient (Wildman–Crippen LogP) is 3.42. The van der Waals surface area contributed by atoms with Crippen molar-refractivity contribution in [2.45, 2.75) is 27.7 Å². The summed E-state index contributed by atoms with van der Waals surface area (Å²) in [7, 11) is 0. The summed E-state index contributed by atoms with van der Waals surface area (Å²) >= 11 is 0. The van der Waals surface area contributed by atoms with Gasteiger partial charge in [0.25, 0.3) is 5.69 Å². The van der Waals surface area contributed by atoms with Crippen LogP contribution in [0.15, 0.2) is 24.3 Å². The Morgan fingerprint density at radius 3 is 2.37 bits per heavy atom. The average molecular weight is 263 g/mol. The summed E-state index contributed by atoms with van der Waals surface area (Å²) < 4.78 is 0. The largest absolute Gasteiger partial charge is 0.478 e. The van der Waals surface area contributed by atoms with Crippen LogP contribution in [0.1, 0.15) is 31.9 Å². The maximum Gasteiger partial charge on any atom is 0.328 e. The summed E-state index contributed by atoms with van der Waals surface area (Å²) in [5.74, 6) is -1.06. The second-order valence-corrected chi connectivity index (χ2v) is 5.35. The number of aliphatic carboxylic acids is 1. The van der Waals surface area contributed by atoms with E-state index in [0.29, 0.717) is 16.7 Å². The number of benzene rings is 1. The molecule has 0 saturated heterocycles. The molecule has 1 N–H and O–H groups in total. The van der Waals surface area contributed by atoms with Crippen molar-refractivity contribution in [3.8, 4) is 0 Å². The molecular formula is C14H17NO4. The highest BCUT2D eigenvalue weighted by molar-refractivity contribution is 5.92. The Bertz CT molecular complexity index is 553. The third-order valence-corrected chi connectivity index (χ3v) is 2.87. The molecular weight excluding hydrogens is 246 g/mol. The van der Waals surface area contributed by atoms with Gasteiger partial charge in [-0.05, 0) is 23.5 Å². The second-order valence-electron chi connectivity index (χ2n) is 5.35. The lowest BCUT2D eigenvalue weighted by Crippen LogP contribution is -2.12. The lowest BCUT2D eigenvalue weighted by Gasteiger charge is -2.24. The normalized spacial score (nSPS) is 12.3. The molecule has 0 aliphatic heterocycles. The molecule has 5 heteroatoms. The van der Waals surface area contributed by atoms with E-state index in [1.54, 1.807) is 19.1 Å². The lowest BCUT2D eigenvalue weighted by atomic mass is 9.80. The fraction of sp³-hybridized carbons (Fsp3) is 0.357. The van der Waals surface area contributed by atoms with Crippen LogP contribution in [0, 0.1) is 22.5 Å². The van der Waals surface area contributed by atoms with Gasteiger partial charge in [-0.25, -0.2) is 4.79 Å². The predicted molar refractivity (Wildman–Crippen MR) is 72.9 cm³/mol. The summed E-state index contributed by atoms with van der Waals surface area (Å²) in [6.45, 7) is 7.26. The van der Waals surface area contributed by atoms with E-state index in [0.717, 1.165) is 6.08 Å². The van der Waals surface area contributed by atoms with Crippen LogP contribution in [-0.4, -0.2) is 16.0 Å². The first-order chi connectivity index (χ1) is 8.64. The topological polar surface area (TPSA) is 80.4 Å². The number of hydrogen-bond acceptors (Lipinski definition) is 3. The minimum absolute atomic E-state index is 0.00182. The van der Waals surface area contributed by atoms with Gasteiger partial charge < -0.3 is 5.11 Å². The van der Waals surface area contributed by atoms with Gasteiger partial charge in [-0.15, -0.1) is 0 Å². The first kappa shape index (κ1) is 14.9. The Balaban J connectivity index is 3.54. The molecule has 0 aliphatic carbocycles. The highest BCUT2D eigenvalue weighted by atomic mass is 16.6. The van der Waals surface area contributed by atoms with Crippen LogP contribution >= 0.6 is 0 Å². The molecule has 1 rings (SSSR count). The van der Waals surface area contributed by atoms with Crippen molar-refractivity contribution in [1.29, 1.82) is 0 Å². The van der Waals surface area contributed by atoms with Crippen molar-refractivity contribution in [3.63, 3.8) is 0 Å². The molecule has 19 heavy (non-hydrogen) atoms. The van der Waals surface area contributed by atoms with Crippen molar-refractivity contribution < 1.29 is 14.8 Å². The number of nitro groups is 1. The van der Waals surface area contributed by atoms with Crippen LogP contribution in [0.3, 0.4) is 0 Å². The standard InChI is InChI=1S/C14H17NO4/c1-9-10(6-5-7-12(9)15(18)19)11(8-13(16)17)14(2,3)4/h5-8H,1-4H3,(H,16,17)/b11-8-. The quantitative estimate of drug-likeness (QED) is 0.514. The molecule has 0 aliphatic rings. The van der Waals surface area contributed by atoms with Crippen molar-refractivity contribution in [3.05, 3.63) is 45.5 Å². The molecule has 0 fully saturated rings. The molecule has 0 amide bonds. The number of carboxylic acid groups (broad SMARTS) is 1. The Morgan fingerprint density at radius 2 is 1.95 bits per heavy atom. The number of nitro benzene ring substituents is 1. The second kappa shape index (κ2) is 5.22. The fourth-order valence-electron chi connectivity index (χ4n) is 1.93. The summed E-state index contributed by atoms with van der Waals surface area (Å²) in [5.41, 5.74) is 1.23. The number of hydrogen-bond donors (Lipinski definition) is 1. The van der Waals surface area contributed by atoms with E-state index in [9.17, 15) is 14.9 Å². The number of carbonyl (C=O) groups is 1.